The van der Waals surface area contributed by atoms with Gasteiger partial charge in [-0.25, -0.2) is 13.8 Å². The van der Waals surface area contributed by atoms with Gasteiger partial charge in [-0.15, -0.1) is 0 Å². The van der Waals surface area contributed by atoms with Gasteiger partial charge in [0.25, 0.3) is 5.91 Å². The molecule has 0 aliphatic carbocycles. The summed E-state index contributed by atoms with van der Waals surface area (Å²) in [6, 6.07) is 10.0. The molecule has 1 fully saturated rings. The molecule has 1 amide bonds. The number of quaternary nitrogens is 1. The minimum Gasteiger partial charge on any atom is -0.370 e. The topological polar surface area (TPSA) is 46.9 Å². The number of nitrogens with one attached hydrogen (secondary N) is 1. The Morgan fingerprint density at radius 2 is 1.93 bits per heavy atom. The Hall–Kier alpha value is -2.42. The van der Waals surface area contributed by atoms with Gasteiger partial charge in [0.1, 0.15) is 24.7 Å². The van der Waals surface area contributed by atoms with E-state index < -0.39 is 5.82 Å². The van der Waals surface area contributed by atoms with Gasteiger partial charge in [0, 0.05) is 18.5 Å². The molecule has 1 aliphatic rings. The molecule has 0 radical (unpaired) electrons. The number of aromatic nitrogens is 1. The highest BCUT2D eigenvalue weighted by Crippen LogP contribution is 2.30. The number of amides is 1. The standard InChI is InChI=1S/C21H21F2N3O2S/c22-16-4-1-3-15(13-16)20(27)26(8-2-7-25-9-11-28-12-10-25)21-24-18-6-5-17(23)14-19(18)29-21/h1,3-6,13-14H,2,7-12H2/p+1. The number of hydrogen-bond donors (Lipinski definition) is 1. The average Bonchev–Trinajstić information content (AvgIpc) is 3.14. The van der Waals surface area contributed by atoms with Crippen LogP contribution in [0.15, 0.2) is 42.5 Å². The predicted molar refractivity (Wildman–Crippen MR) is 109 cm³/mol. The van der Waals surface area contributed by atoms with Crippen LogP contribution in [0.4, 0.5) is 13.9 Å². The maximum absolute atomic E-state index is 13.7. The second-order valence-corrected chi connectivity index (χ2v) is 8.05. The van der Waals surface area contributed by atoms with Crippen molar-refractivity contribution in [3.05, 3.63) is 59.7 Å². The fourth-order valence-electron chi connectivity index (χ4n) is 3.46. The van der Waals surface area contributed by atoms with E-state index in [9.17, 15) is 13.6 Å². The first-order chi connectivity index (χ1) is 14.1. The number of ether oxygens (including phenoxy) is 1. The minimum absolute atomic E-state index is 0.272. The summed E-state index contributed by atoms with van der Waals surface area (Å²) < 4.78 is 33.3. The Morgan fingerprint density at radius 3 is 2.72 bits per heavy atom. The highest BCUT2D eigenvalue weighted by Gasteiger charge is 2.23. The lowest BCUT2D eigenvalue weighted by atomic mass is 10.2. The molecular formula is C21H22F2N3O2S+. The molecule has 152 valence electrons. The van der Waals surface area contributed by atoms with E-state index in [1.807, 2.05) is 0 Å². The van der Waals surface area contributed by atoms with E-state index in [-0.39, 0.29) is 17.3 Å². The van der Waals surface area contributed by atoms with E-state index >= 15 is 0 Å². The van der Waals surface area contributed by atoms with Crippen molar-refractivity contribution in [1.29, 1.82) is 0 Å². The first-order valence-electron chi connectivity index (χ1n) is 9.65. The number of halogens is 2. The Kier molecular flexibility index (Phi) is 6.13. The molecule has 29 heavy (non-hydrogen) atoms. The summed E-state index contributed by atoms with van der Waals surface area (Å²) >= 11 is 1.27. The second kappa shape index (κ2) is 8.94. The van der Waals surface area contributed by atoms with Crippen LogP contribution in [-0.2, 0) is 4.74 Å². The number of nitrogens with zero attached hydrogens (tertiary/aromatic N) is 2. The van der Waals surface area contributed by atoms with Crippen LogP contribution in [0.25, 0.3) is 10.2 Å². The first kappa shape index (κ1) is 19.9. The number of morpholine rings is 1. The number of carbonyl (C=O) groups is 1. The summed E-state index contributed by atoms with van der Waals surface area (Å²) in [5, 5.41) is 0.497. The summed E-state index contributed by atoms with van der Waals surface area (Å²) in [5.41, 5.74) is 0.913. The van der Waals surface area contributed by atoms with E-state index in [0.717, 1.165) is 39.3 Å². The van der Waals surface area contributed by atoms with Crippen LogP contribution in [-0.4, -0.2) is 50.3 Å². The lowest BCUT2D eigenvalue weighted by molar-refractivity contribution is -0.908. The molecule has 2 heterocycles. The molecule has 8 heteroatoms. The van der Waals surface area contributed by atoms with Crippen LogP contribution in [0.2, 0.25) is 0 Å². The molecule has 0 saturated carbocycles. The highest BCUT2D eigenvalue weighted by atomic mass is 32.1. The van der Waals surface area contributed by atoms with Gasteiger partial charge in [-0.2, -0.15) is 0 Å². The maximum Gasteiger partial charge on any atom is 0.260 e. The van der Waals surface area contributed by atoms with Crippen LogP contribution >= 0.6 is 11.3 Å². The second-order valence-electron chi connectivity index (χ2n) is 7.04. The quantitative estimate of drug-likeness (QED) is 0.669. The van der Waals surface area contributed by atoms with Gasteiger partial charge < -0.3 is 9.64 Å². The van der Waals surface area contributed by atoms with Gasteiger partial charge in [-0.05, 0) is 36.4 Å². The molecule has 1 aromatic heterocycles. The molecule has 4 rings (SSSR count). The van der Waals surface area contributed by atoms with Crippen molar-refractivity contribution in [2.45, 2.75) is 6.42 Å². The van der Waals surface area contributed by atoms with Gasteiger partial charge in [0.15, 0.2) is 5.13 Å². The van der Waals surface area contributed by atoms with Gasteiger partial charge >= 0.3 is 0 Å². The Labute approximate surface area is 171 Å². The van der Waals surface area contributed by atoms with Crippen LogP contribution < -0.4 is 9.80 Å². The van der Waals surface area contributed by atoms with Crippen molar-refractivity contribution in [3.63, 3.8) is 0 Å². The van der Waals surface area contributed by atoms with Crippen molar-refractivity contribution in [1.82, 2.24) is 4.98 Å². The molecule has 1 N–H and O–H groups in total. The summed E-state index contributed by atoms with van der Waals surface area (Å²) in [7, 11) is 0. The van der Waals surface area contributed by atoms with Gasteiger partial charge in [-0.3, -0.25) is 9.69 Å². The number of thiazole rings is 1. The van der Waals surface area contributed by atoms with E-state index in [1.165, 1.54) is 46.6 Å². The Bertz CT molecular complexity index is 1000. The number of benzene rings is 2. The Balaban J connectivity index is 1.57. The zero-order valence-corrected chi connectivity index (χ0v) is 16.7. The number of rotatable bonds is 6. The normalized spacial score (nSPS) is 15.0. The largest absolute Gasteiger partial charge is 0.370 e. The van der Waals surface area contributed by atoms with E-state index in [4.69, 9.17) is 4.74 Å². The monoisotopic (exact) mass is 418 g/mol. The smallest absolute Gasteiger partial charge is 0.260 e. The summed E-state index contributed by atoms with van der Waals surface area (Å²) in [4.78, 5) is 20.7. The van der Waals surface area contributed by atoms with Gasteiger partial charge in [0.05, 0.1) is 30.0 Å². The number of hydrogen-bond acceptors (Lipinski definition) is 4. The Morgan fingerprint density at radius 1 is 1.14 bits per heavy atom. The molecule has 2 aromatic carbocycles. The summed E-state index contributed by atoms with van der Waals surface area (Å²) in [5.74, 6) is -1.10. The molecule has 0 unspecified atom stereocenters. The van der Waals surface area contributed by atoms with Gasteiger partial charge in [-0.1, -0.05) is 17.4 Å². The van der Waals surface area contributed by atoms with Gasteiger partial charge in [0.2, 0.25) is 0 Å². The van der Waals surface area contributed by atoms with Crippen molar-refractivity contribution in [2.24, 2.45) is 0 Å². The van der Waals surface area contributed by atoms with E-state index in [0.29, 0.717) is 21.9 Å². The predicted octanol–water partition coefficient (Wildman–Crippen LogP) is 2.53. The van der Waals surface area contributed by atoms with Crippen molar-refractivity contribution in [2.75, 3.05) is 44.3 Å². The average molecular weight is 418 g/mol. The molecule has 1 aliphatic heterocycles. The molecule has 0 atom stereocenters. The third-order valence-electron chi connectivity index (χ3n) is 5.00. The molecule has 0 spiro atoms. The minimum atomic E-state index is -0.458. The molecule has 5 nitrogen and oxygen atoms in total. The third kappa shape index (κ3) is 4.77. The van der Waals surface area contributed by atoms with Crippen molar-refractivity contribution < 1.29 is 23.2 Å². The number of fused-ring (bicyclic) bond motifs is 1. The number of carbonyl (C=O) groups excluding carboxylic acids is 1. The fourth-order valence-corrected chi connectivity index (χ4v) is 4.48. The van der Waals surface area contributed by atoms with Crippen LogP contribution in [0, 0.1) is 11.6 Å². The lowest BCUT2D eigenvalue weighted by Gasteiger charge is -2.25. The summed E-state index contributed by atoms with van der Waals surface area (Å²) in [6.07, 6.45) is 0.778. The molecule has 1 saturated heterocycles. The van der Waals surface area contributed by atoms with Crippen molar-refractivity contribution in [3.8, 4) is 0 Å². The first-order valence-corrected chi connectivity index (χ1v) is 10.5. The van der Waals surface area contributed by atoms with Crippen LogP contribution in [0.3, 0.4) is 0 Å². The van der Waals surface area contributed by atoms with Crippen molar-refractivity contribution >= 4 is 32.6 Å². The van der Waals surface area contributed by atoms with Crippen LogP contribution in [0.1, 0.15) is 16.8 Å². The van der Waals surface area contributed by atoms with Crippen LogP contribution in [0.5, 0.6) is 0 Å². The highest BCUT2D eigenvalue weighted by molar-refractivity contribution is 7.22. The fraction of sp³-hybridized carbons (Fsp3) is 0.333. The number of anilines is 1. The molecule has 3 aromatic rings. The zero-order chi connectivity index (χ0) is 20.2. The SMILES string of the molecule is O=C(c1cccc(F)c1)N(CCC[NH+]1CCOCC1)c1nc2ccc(F)cc2s1. The molecular weight excluding hydrogens is 396 g/mol. The summed E-state index contributed by atoms with van der Waals surface area (Å²) in [6.45, 7) is 4.80. The van der Waals surface area contributed by atoms with E-state index in [2.05, 4.69) is 4.98 Å². The lowest BCUT2D eigenvalue weighted by Crippen LogP contribution is -3.14. The van der Waals surface area contributed by atoms with E-state index in [1.54, 1.807) is 17.0 Å². The zero-order valence-electron chi connectivity index (χ0n) is 15.9. The maximum atomic E-state index is 13.7. The molecule has 0 bridgehead atoms. The third-order valence-corrected chi connectivity index (χ3v) is 6.04.